The van der Waals surface area contributed by atoms with E-state index in [0.29, 0.717) is 27.3 Å². The SMILES string of the molecule is N#Cc1c(CSc2nnc(-c3cccc(Cl)c3)n2N)cn2ccccc12. The molecule has 6 nitrogen and oxygen atoms in total. The molecule has 0 aliphatic heterocycles. The number of nitrogens with zero attached hydrogens (tertiary/aromatic N) is 5. The first-order valence-corrected chi connectivity index (χ1v) is 9.11. The molecule has 4 aromatic rings. The van der Waals surface area contributed by atoms with E-state index in [2.05, 4.69) is 16.3 Å². The minimum Gasteiger partial charge on any atom is -0.335 e. The van der Waals surface area contributed by atoms with Crippen molar-refractivity contribution in [1.82, 2.24) is 19.3 Å². The summed E-state index contributed by atoms with van der Waals surface area (Å²) in [6.45, 7) is 0. The summed E-state index contributed by atoms with van der Waals surface area (Å²) in [6, 6.07) is 15.4. The Morgan fingerprint density at radius 2 is 2.08 bits per heavy atom. The zero-order valence-corrected chi connectivity index (χ0v) is 15.1. The fourth-order valence-corrected chi connectivity index (χ4v) is 3.78. The Morgan fingerprint density at radius 1 is 1.19 bits per heavy atom. The van der Waals surface area contributed by atoms with Gasteiger partial charge in [-0.3, -0.25) is 0 Å². The van der Waals surface area contributed by atoms with Crippen molar-refractivity contribution >= 4 is 28.9 Å². The van der Waals surface area contributed by atoms with Crippen LogP contribution in [-0.2, 0) is 5.75 Å². The molecule has 0 aliphatic rings. The van der Waals surface area contributed by atoms with Gasteiger partial charge >= 0.3 is 0 Å². The number of hydrogen-bond acceptors (Lipinski definition) is 5. The Labute approximate surface area is 158 Å². The summed E-state index contributed by atoms with van der Waals surface area (Å²) in [6.07, 6.45) is 3.88. The van der Waals surface area contributed by atoms with E-state index in [9.17, 15) is 5.26 Å². The molecule has 4 rings (SSSR count). The molecule has 0 unspecified atom stereocenters. The van der Waals surface area contributed by atoms with E-state index in [1.54, 1.807) is 12.1 Å². The fraction of sp³-hybridized carbons (Fsp3) is 0.0556. The zero-order chi connectivity index (χ0) is 18.1. The number of hydrogen-bond donors (Lipinski definition) is 1. The quantitative estimate of drug-likeness (QED) is 0.430. The van der Waals surface area contributed by atoms with E-state index in [0.717, 1.165) is 16.6 Å². The highest BCUT2D eigenvalue weighted by atomic mass is 35.5. The summed E-state index contributed by atoms with van der Waals surface area (Å²) in [5.74, 6) is 7.26. The lowest BCUT2D eigenvalue weighted by Crippen LogP contribution is -2.11. The number of nitriles is 1. The van der Waals surface area contributed by atoms with Crippen LogP contribution in [0.25, 0.3) is 16.9 Å². The van der Waals surface area contributed by atoms with Gasteiger partial charge in [0.15, 0.2) is 5.82 Å². The first kappa shape index (κ1) is 16.5. The monoisotopic (exact) mass is 380 g/mol. The van der Waals surface area contributed by atoms with E-state index >= 15 is 0 Å². The van der Waals surface area contributed by atoms with Crippen LogP contribution in [0, 0.1) is 11.3 Å². The highest BCUT2D eigenvalue weighted by molar-refractivity contribution is 7.98. The predicted molar refractivity (Wildman–Crippen MR) is 102 cm³/mol. The molecule has 0 fully saturated rings. The zero-order valence-electron chi connectivity index (χ0n) is 13.5. The van der Waals surface area contributed by atoms with Crippen LogP contribution in [0.15, 0.2) is 60.0 Å². The van der Waals surface area contributed by atoms with Crippen LogP contribution in [0.5, 0.6) is 0 Å². The number of halogens is 1. The Morgan fingerprint density at radius 3 is 2.88 bits per heavy atom. The van der Waals surface area contributed by atoms with Gasteiger partial charge in [0.1, 0.15) is 6.07 Å². The molecule has 0 saturated heterocycles. The average molecular weight is 381 g/mol. The number of pyridine rings is 1. The Kier molecular flexibility index (Phi) is 4.29. The molecule has 0 radical (unpaired) electrons. The number of thioether (sulfide) groups is 1. The molecule has 0 aliphatic carbocycles. The summed E-state index contributed by atoms with van der Waals surface area (Å²) in [5, 5.41) is 19.0. The minimum atomic E-state index is 0.539. The molecule has 2 N–H and O–H groups in total. The lowest BCUT2D eigenvalue weighted by Gasteiger charge is -2.04. The van der Waals surface area contributed by atoms with E-state index in [1.165, 1.54) is 16.4 Å². The van der Waals surface area contributed by atoms with Gasteiger partial charge in [-0.2, -0.15) is 5.26 Å². The molecular weight excluding hydrogens is 368 g/mol. The summed E-state index contributed by atoms with van der Waals surface area (Å²) < 4.78 is 3.39. The molecule has 1 aromatic carbocycles. The number of aromatic nitrogens is 4. The second-order valence-corrected chi connectivity index (χ2v) is 6.99. The van der Waals surface area contributed by atoms with Crippen LogP contribution in [0.4, 0.5) is 0 Å². The largest absolute Gasteiger partial charge is 0.335 e. The molecular formula is C18H13ClN6S. The van der Waals surface area contributed by atoms with Crippen molar-refractivity contribution in [3.63, 3.8) is 0 Å². The first-order valence-electron chi connectivity index (χ1n) is 7.75. The molecule has 0 saturated carbocycles. The van der Waals surface area contributed by atoms with E-state index in [4.69, 9.17) is 17.4 Å². The van der Waals surface area contributed by atoms with Crippen molar-refractivity contribution in [3.05, 3.63) is 71.0 Å². The van der Waals surface area contributed by atoms with E-state index in [1.807, 2.05) is 47.1 Å². The van der Waals surface area contributed by atoms with Gasteiger partial charge in [-0.05, 0) is 29.8 Å². The topological polar surface area (TPSA) is 84.9 Å². The Balaban J connectivity index is 1.61. The first-order chi connectivity index (χ1) is 12.7. The van der Waals surface area contributed by atoms with Crippen LogP contribution in [0.2, 0.25) is 5.02 Å². The van der Waals surface area contributed by atoms with Gasteiger partial charge in [0, 0.05) is 28.7 Å². The smallest absolute Gasteiger partial charge is 0.210 e. The van der Waals surface area contributed by atoms with Crippen molar-refractivity contribution in [2.24, 2.45) is 0 Å². The maximum absolute atomic E-state index is 9.49. The minimum absolute atomic E-state index is 0.539. The molecule has 0 amide bonds. The lowest BCUT2D eigenvalue weighted by atomic mass is 10.2. The molecule has 26 heavy (non-hydrogen) atoms. The summed E-state index contributed by atoms with van der Waals surface area (Å²) >= 11 is 7.46. The van der Waals surface area contributed by atoms with Gasteiger partial charge < -0.3 is 10.2 Å². The molecule has 8 heteroatoms. The number of benzene rings is 1. The maximum atomic E-state index is 9.49. The van der Waals surface area contributed by atoms with Gasteiger partial charge in [0.25, 0.3) is 0 Å². The highest BCUT2D eigenvalue weighted by Crippen LogP contribution is 2.28. The van der Waals surface area contributed by atoms with Gasteiger partial charge in [-0.25, -0.2) is 4.68 Å². The third-order valence-electron chi connectivity index (χ3n) is 3.98. The Hall–Kier alpha value is -2.95. The molecule has 3 heterocycles. The highest BCUT2D eigenvalue weighted by Gasteiger charge is 2.15. The van der Waals surface area contributed by atoms with Crippen molar-refractivity contribution in [1.29, 1.82) is 5.26 Å². The number of fused-ring (bicyclic) bond motifs is 1. The normalized spacial score (nSPS) is 10.9. The molecule has 128 valence electrons. The van der Waals surface area contributed by atoms with Gasteiger partial charge in [-0.15, -0.1) is 10.2 Å². The van der Waals surface area contributed by atoms with Gasteiger partial charge in [0.05, 0.1) is 11.1 Å². The maximum Gasteiger partial charge on any atom is 0.210 e. The molecule has 0 bridgehead atoms. The summed E-state index contributed by atoms with van der Waals surface area (Å²) in [4.78, 5) is 0. The molecule has 0 spiro atoms. The Bertz CT molecular complexity index is 1140. The van der Waals surface area contributed by atoms with Gasteiger partial charge in [-0.1, -0.05) is 41.6 Å². The van der Waals surface area contributed by atoms with Crippen molar-refractivity contribution in [3.8, 4) is 17.5 Å². The average Bonchev–Trinajstić information content (AvgIpc) is 3.19. The second kappa shape index (κ2) is 6.75. The molecule has 0 atom stereocenters. The third-order valence-corrected chi connectivity index (χ3v) is 5.21. The predicted octanol–water partition coefficient (Wildman–Crippen LogP) is 3.73. The number of nitrogen functional groups attached to an aromatic ring is 1. The van der Waals surface area contributed by atoms with Crippen molar-refractivity contribution < 1.29 is 0 Å². The van der Waals surface area contributed by atoms with Gasteiger partial charge in [0.2, 0.25) is 5.16 Å². The lowest BCUT2D eigenvalue weighted by molar-refractivity contribution is 0.849. The number of nitrogens with two attached hydrogens (primary N) is 1. The molecule has 3 aromatic heterocycles. The van der Waals surface area contributed by atoms with E-state index in [-0.39, 0.29) is 0 Å². The van der Waals surface area contributed by atoms with Crippen molar-refractivity contribution in [2.45, 2.75) is 10.9 Å². The van der Waals surface area contributed by atoms with Crippen molar-refractivity contribution in [2.75, 3.05) is 5.84 Å². The van der Waals surface area contributed by atoms with Crippen LogP contribution < -0.4 is 5.84 Å². The van der Waals surface area contributed by atoms with Crippen LogP contribution in [0.3, 0.4) is 0 Å². The standard InChI is InChI=1S/C18H13ClN6S/c19-14-5-3-4-12(8-14)17-22-23-18(25(17)21)26-11-13-10-24-7-2-1-6-16(24)15(13)9-20/h1-8,10H,11,21H2. The van der Waals surface area contributed by atoms with Crippen LogP contribution in [0.1, 0.15) is 11.1 Å². The van der Waals surface area contributed by atoms with E-state index < -0.39 is 0 Å². The second-order valence-electron chi connectivity index (χ2n) is 5.61. The number of rotatable bonds is 4. The van der Waals surface area contributed by atoms with Crippen LogP contribution in [-0.4, -0.2) is 19.3 Å². The van der Waals surface area contributed by atoms with Crippen LogP contribution >= 0.6 is 23.4 Å². The summed E-state index contributed by atoms with van der Waals surface area (Å²) in [7, 11) is 0. The fourth-order valence-electron chi connectivity index (χ4n) is 2.76. The third kappa shape index (κ3) is 2.90. The summed E-state index contributed by atoms with van der Waals surface area (Å²) in [5.41, 5.74) is 3.28.